The summed E-state index contributed by atoms with van der Waals surface area (Å²) in [5.74, 6) is -0.787. The number of likely N-dealkylation sites (N-methyl/N-ethyl adjacent to an activating group) is 1. The first kappa shape index (κ1) is 27.8. The van der Waals surface area contributed by atoms with E-state index in [2.05, 4.69) is 21.2 Å². The van der Waals surface area contributed by atoms with Crippen molar-refractivity contribution in [3.05, 3.63) is 63.6 Å². The number of halogens is 1. The van der Waals surface area contributed by atoms with Gasteiger partial charge in [0.1, 0.15) is 12.6 Å². The van der Waals surface area contributed by atoms with Crippen molar-refractivity contribution in [1.82, 2.24) is 14.5 Å². The predicted octanol–water partition coefficient (Wildman–Crippen LogP) is 3.23. The summed E-state index contributed by atoms with van der Waals surface area (Å²) in [5.41, 5.74) is 2.83. The Kier molecular flexibility index (Phi) is 9.66. The van der Waals surface area contributed by atoms with Crippen molar-refractivity contribution in [3.63, 3.8) is 0 Å². The quantitative estimate of drug-likeness (QED) is 0.490. The van der Waals surface area contributed by atoms with Gasteiger partial charge in [0, 0.05) is 31.7 Å². The van der Waals surface area contributed by atoms with E-state index in [0.29, 0.717) is 12.2 Å². The lowest BCUT2D eigenvalue weighted by molar-refractivity contribution is -0.139. The van der Waals surface area contributed by atoms with Crippen LogP contribution in [0.4, 0.5) is 5.69 Å². The summed E-state index contributed by atoms with van der Waals surface area (Å²) >= 11 is 3.43. The third kappa shape index (κ3) is 6.80. The van der Waals surface area contributed by atoms with Crippen LogP contribution in [0.25, 0.3) is 0 Å². The molecule has 0 aliphatic heterocycles. The lowest BCUT2D eigenvalue weighted by atomic mass is 10.1. The number of rotatable bonds is 10. The van der Waals surface area contributed by atoms with Gasteiger partial charge in [0.15, 0.2) is 0 Å². The molecule has 0 aromatic heterocycles. The summed E-state index contributed by atoms with van der Waals surface area (Å²) in [6, 6.07) is 12.1. The summed E-state index contributed by atoms with van der Waals surface area (Å²) in [7, 11) is -1.13. The zero-order valence-electron chi connectivity index (χ0n) is 20.5. The topological polar surface area (TPSA) is 90.0 Å². The Hall–Kier alpha value is -2.43. The highest BCUT2D eigenvalue weighted by Crippen LogP contribution is 2.26. The number of amides is 2. The molecule has 0 spiro atoms. The summed E-state index contributed by atoms with van der Waals surface area (Å²) in [6.45, 7) is 7.24. The number of benzene rings is 2. The van der Waals surface area contributed by atoms with Crippen LogP contribution in [0.1, 0.15) is 30.5 Å². The van der Waals surface area contributed by atoms with Gasteiger partial charge >= 0.3 is 10.2 Å². The summed E-state index contributed by atoms with van der Waals surface area (Å²) < 4.78 is 29.5. The molecule has 0 saturated heterocycles. The molecule has 0 fully saturated rings. The van der Waals surface area contributed by atoms with Crippen molar-refractivity contribution < 1.29 is 18.0 Å². The second-order valence-electron chi connectivity index (χ2n) is 8.31. The van der Waals surface area contributed by atoms with E-state index in [0.717, 1.165) is 29.8 Å². The summed E-state index contributed by atoms with van der Waals surface area (Å²) in [6.07, 6.45) is 0. The van der Waals surface area contributed by atoms with E-state index in [1.54, 1.807) is 26.8 Å². The Balaban J connectivity index is 2.51. The van der Waals surface area contributed by atoms with Crippen LogP contribution in [0.2, 0.25) is 0 Å². The Morgan fingerprint density at radius 2 is 1.76 bits per heavy atom. The van der Waals surface area contributed by atoms with Crippen LogP contribution in [0.15, 0.2) is 46.9 Å². The normalized spacial score (nSPS) is 12.4. The van der Waals surface area contributed by atoms with Gasteiger partial charge in [0.25, 0.3) is 0 Å². The first-order valence-corrected chi connectivity index (χ1v) is 13.2. The number of aryl methyl sites for hydroxylation is 2. The first-order chi connectivity index (χ1) is 15.9. The van der Waals surface area contributed by atoms with Gasteiger partial charge in [-0.25, -0.2) is 4.31 Å². The van der Waals surface area contributed by atoms with E-state index < -0.39 is 28.7 Å². The number of nitrogens with zero attached hydrogens (tertiary/aromatic N) is 3. The molecule has 186 valence electrons. The van der Waals surface area contributed by atoms with E-state index in [4.69, 9.17) is 0 Å². The van der Waals surface area contributed by atoms with E-state index >= 15 is 0 Å². The van der Waals surface area contributed by atoms with Crippen molar-refractivity contribution in [1.29, 1.82) is 0 Å². The highest BCUT2D eigenvalue weighted by molar-refractivity contribution is 9.10. The summed E-state index contributed by atoms with van der Waals surface area (Å²) in [4.78, 5) is 27.7. The molecule has 10 heteroatoms. The maximum atomic E-state index is 13.6. The van der Waals surface area contributed by atoms with Crippen LogP contribution in [-0.4, -0.2) is 62.7 Å². The van der Waals surface area contributed by atoms with E-state index in [1.807, 2.05) is 43.3 Å². The molecule has 2 aromatic rings. The smallest absolute Gasteiger partial charge is 0.304 e. The third-order valence-corrected chi connectivity index (χ3v) is 7.71. The van der Waals surface area contributed by atoms with Crippen LogP contribution in [0.5, 0.6) is 0 Å². The van der Waals surface area contributed by atoms with Gasteiger partial charge in [0.05, 0.1) is 5.69 Å². The van der Waals surface area contributed by atoms with E-state index in [-0.39, 0.29) is 12.5 Å². The average molecular weight is 554 g/mol. The first-order valence-electron chi connectivity index (χ1n) is 11.0. The number of hydrogen-bond donors (Lipinski definition) is 1. The molecule has 1 atom stereocenters. The number of anilines is 1. The second-order valence-corrected chi connectivity index (χ2v) is 11.3. The van der Waals surface area contributed by atoms with Crippen LogP contribution in [0.3, 0.4) is 0 Å². The molecule has 2 amide bonds. The zero-order chi connectivity index (χ0) is 25.6. The van der Waals surface area contributed by atoms with Gasteiger partial charge in [-0.2, -0.15) is 12.7 Å². The minimum Gasteiger partial charge on any atom is -0.355 e. The molecule has 34 heavy (non-hydrogen) atoms. The average Bonchev–Trinajstić information content (AvgIpc) is 2.77. The SMILES string of the molecule is CCNC(=O)[C@@H](C)N(Cc1cccc(Br)c1)C(=O)CN(c1cc(C)ccc1C)S(=O)(=O)N(C)C. The molecule has 0 radical (unpaired) electrons. The molecule has 0 aliphatic carbocycles. The minimum absolute atomic E-state index is 0.152. The Bertz CT molecular complexity index is 1140. The number of nitrogens with one attached hydrogen (secondary N) is 1. The fraction of sp³-hybridized carbons (Fsp3) is 0.417. The minimum atomic E-state index is -3.98. The van der Waals surface area contributed by atoms with Crippen LogP contribution in [-0.2, 0) is 26.3 Å². The summed E-state index contributed by atoms with van der Waals surface area (Å²) in [5, 5.41) is 2.75. The lowest BCUT2D eigenvalue weighted by Crippen LogP contribution is -2.52. The lowest BCUT2D eigenvalue weighted by Gasteiger charge is -2.33. The molecule has 8 nitrogen and oxygen atoms in total. The molecule has 0 heterocycles. The van der Waals surface area contributed by atoms with Crippen molar-refractivity contribution in [2.75, 3.05) is 31.5 Å². The molecular formula is C24H33BrN4O4S. The Morgan fingerprint density at radius 3 is 2.35 bits per heavy atom. The zero-order valence-corrected chi connectivity index (χ0v) is 22.9. The monoisotopic (exact) mass is 552 g/mol. The number of carbonyl (C=O) groups is 2. The highest BCUT2D eigenvalue weighted by atomic mass is 79.9. The van der Waals surface area contributed by atoms with Gasteiger partial charge in [-0.3, -0.25) is 9.59 Å². The van der Waals surface area contributed by atoms with Gasteiger partial charge in [-0.05, 0) is 62.6 Å². The van der Waals surface area contributed by atoms with E-state index in [1.165, 1.54) is 19.0 Å². The number of hydrogen-bond acceptors (Lipinski definition) is 4. The third-order valence-electron chi connectivity index (χ3n) is 5.41. The second kappa shape index (κ2) is 11.8. The molecular weight excluding hydrogens is 520 g/mol. The van der Waals surface area contributed by atoms with Gasteiger partial charge in [0.2, 0.25) is 11.8 Å². The fourth-order valence-corrected chi connectivity index (χ4v) is 4.99. The van der Waals surface area contributed by atoms with E-state index in [9.17, 15) is 18.0 Å². The standard InChI is InChI=1S/C24H33BrN4O4S/c1-7-26-24(31)19(4)28(15-20-9-8-10-21(25)14-20)23(30)16-29(34(32,33)27(5)6)22-13-17(2)11-12-18(22)3/h8-14,19H,7,15-16H2,1-6H3,(H,26,31)/t19-/m1/s1. The maximum absolute atomic E-state index is 13.6. The molecule has 1 N–H and O–H groups in total. The Morgan fingerprint density at radius 1 is 1.09 bits per heavy atom. The van der Waals surface area contributed by atoms with Crippen LogP contribution >= 0.6 is 15.9 Å². The highest BCUT2D eigenvalue weighted by Gasteiger charge is 2.33. The predicted molar refractivity (Wildman–Crippen MR) is 139 cm³/mol. The molecule has 2 rings (SSSR count). The van der Waals surface area contributed by atoms with Crippen molar-refractivity contribution in [2.24, 2.45) is 0 Å². The maximum Gasteiger partial charge on any atom is 0.304 e. The van der Waals surface area contributed by atoms with Crippen LogP contribution < -0.4 is 9.62 Å². The van der Waals surface area contributed by atoms with Gasteiger partial charge < -0.3 is 10.2 Å². The van der Waals surface area contributed by atoms with Crippen molar-refractivity contribution in [3.8, 4) is 0 Å². The van der Waals surface area contributed by atoms with Crippen molar-refractivity contribution >= 4 is 43.6 Å². The fourth-order valence-electron chi connectivity index (χ4n) is 3.43. The largest absolute Gasteiger partial charge is 0.355 e. The molecule has 0 saturated carbocycles. The molecule has 2 aromatic carbocycles. The Labute approximate surface area is 211 Å². The molecule has 0 bridgehead atoms. The van der Waals surface area contributed by atoms with Gasteiger partial charge in [-0.15, -0.1) is 0 Å². The molecule has 0 unspecified atom stereocenters. The number of carbonyl (C=O) groups excluding carboxylic acids is 2. The van der Waals surface area contributed by atoms with Crippen molar-refractivity contribution in [2.45, 2.75) is 40.3 Å². The van der Waals surface area contributed by atoms with Gasteiger partial charge in [-0.1, -0.05) is 40.2 Å². The molecule has 0 aliphatic rings. The van der Waals surface area contributed by atoms with Crippen LogP contribution in [0, 0.1) is 13.8 Å².